The molecule has 0 aliphatic rings. The van der Waals surface area contributed by atoms with E-state index < -0.39 is 4.92 Å². The second-order valence-corrected chi connectivity index (χ2v) is 5.53. The molecule has 0 unspecified atom stereocenters. The highest BCUT2D eigenvalue weighted by Crippen LogP contribution is 2.29. The van der Waals surface area contributed by atoms with Gasteiger partial charge in [0.25, 0.3) is 5.69 Å². The average Bonchev–Trinajstić information content (AvgIpc) is 2.46. The first-order chi connectivity index (χ1) is 10.0. The number of nitro groups is 1. The van der Waals surface area contributed by atoms with Gasteiger partial charge in [0.15, 0.2) is 0 Å². The van der Waals surface area contributed by atoms with Gasteiger partial charge < -0.3 is 10.1 Å². The van der Waals surface area contributed by atoms with Gasteiger partial charge in [0.2, 0.25) is 0 Å². The van der Waals surface area contributed by atoms with Crippen molar-refractivity contribution in [3.63, 3.8) is 0 Å². The molecule has 0 saturated carbocycles. The summed E-state index contributed by atoms with van der Waals surface area (Å²) in [5.74, 6) is 0.522. The Kier molecular flexibility index (Phi) is 5.03. The van der Waals surface area contributed by atoms with E-state index >= 15 is 0 Å². The van der Waals surface area contributed by atoms with Crippen LogP contribution < -0.4 is 10.1 Å². The molecule has 2 rings (SSSR count). The third kappa shape index (κ3) is 3.86. The largest absolute Gasteiger partial charge is 0.487 e. The van der Waals surface area contributed by atoms with Gasteiger partial charge >= 0.3 is 0 Å². The Labute approximate surface area is 135 Å². The molecule has 0 aliphatic carbocycles. The number of non-ortho nitro benzene ring substituents is 1. The Morgan fingerprint density at radius 3 is 2.71 bits per heavy atom. The molecule has 21 heavy (non-hydrogen) atoms. The van der Waals surface area contributed by atoms with E-state index in [9.17, 15) is 10.1 Å². The van der Waals surface area contributed by atoms with Gasteiger partial charge in [-0.15, -0.1) is 0 Å². The molecule has 0 atom stereocenters. The lowest BCUT2D eigenvalue weighted by Gasteiger charge is -2.12. The van der Waals surface area contributed by atoms with E-state index in [2.05, 4.69) is 21.2 Å². The molecule has 1 N–H and O–H groups in total. The minimum atomic E-state index is -0.435. The van der Waals surface area contributed by atoms with Crippen LogP contribution in [0.4, 0.5) is 11.4 Å². The van der Waals surface area contributed by atoms with Gasteiger partial charge in [-0.25, -0.2) is 0 Å². The van der Waals surface area contributed by atoms with Crippen molar-refractivity contribution in [2.24, 2.45) is 0 Å². The lowest BCUT2D eigenvalue weighted by Crippen LogP contribution is -2.02. The zero-order chi connectivity index (χ0) is 15.4. The predicted octanol–water partition coefficient (Wildman–Crippen LogP) is 4.63. The molecule has 0 fully saturated rings. The van der Waals surface area contributed by atoms with Crippen LogP contribution in [0.25, 0.3) is 0 Å². The lowest BCUT2D eigenvalue weighted by atomic mass is 10.1. The van der Waals surface area contributed by atoms with E-state index in [-0.39, 0.29) is 12.3 Å². The number of anilines is 1. The number of nitro benzene ring substituents is 1. The molecule has 0 spiro atoms. The summed E-state index contributed by atoms with van der Waals surface area (Å²) in [6, 6.07) is 9.86. The normalized spacial score (nSPS) is 10.2. The summed E-state index contributed by atoms with van der Waals surface area (Å²) in [5.41, 5.74) is 1.48. The molecular formula is C14H12BrClN2O3. The maximum absolute atomic E-state index is 10.8. The fourth-order valence-electron chi connectivity index (χ4n) is 1.80. The summed E-state index contributed by atoms with van der Waals surface area (Å²) in [5, 5.41) is 14.3. The topological polar surface area (TPSA) is 64.4 Å². The number of hydrogen-bond acceptors (Lipinski definition) is 4. The Morgan fingerprint density at radius 1 is 1.33 bits per heavy atom. The third-order valence-electron chi connectivity index (χ3n) is 2.85. The standard InChI is InChI=1S/C14H12BrClN2O3/c1-17-13-4-3-11(18(19)20)6-9(13)8-21-14-5-2-10(15)7-12(14)16/h2-7,17H,8H2,1H3. The van der Waals surface area contributed by atoms with Crippen molar-refractivity contribution >= 4 is 38.9 Å². The number of nitrogens with one attached hydrogen (secondary N) is 1. The van der Waals surface area contributed by atoms with Gasteiger partial charge in [0.1, 0.15) is 12.4 Å². The molecule has 2 aromatic rings. The first-order valence-corrected chi connectivity index (χ1v) is 7.21. The number of hydrogen-bond donors (Lipinski definition) is 1. The highest BCUT2D eigenvalue weighted by molar-refractivity contribution is 9.10. The molecule has 0 bridgehead atoms. The highest BCUT2D eigenvalue weighted by atomic mass is 79.9. The maximum atomic E-state index is 10.8. The summed E-state index contributed by atoms with van der Waals surface area (Å²) in [7, 11) is 1.75. The van der Waals surface area contributed by atoms with Crippen molar-refractivity contribution in [1.82, 2.24) is 0 Å². The number of rotatable bonds is 5. The second kappa shape index (κ2) is 6.78. The van der Waals surface area contributed by atoms with Gasteiger partial charge in [-0.2, -0.15) is 0 Å². The quantitative estimate of drug-likeness (QED) is 0.614. The SMILES string of the molecule is CNc1ccc([N+](=O)[O-])cc1COc1ccc(Br)cc1Cl. The van der Waals surface area contributed by atoms with Crippen LogP contribution in [0.15, 0.2) is 40.9 Å². The molecule has 0 aromatic heterocycles. The molecule has 5 nitrogen and oxygen atoms in total. The van der Waals surface area contributed by atoms with Gasteiger partial charge in [0.05, 0.1) is 9.95 Å². The third-order valence-corrected chi connectivity index (χ3v) is 3.63. The van der Waals surface area contributed by atoms with Gasteiger partial charge in [-0.3, -0.25) is 10.1 Å². The van der Waals surface area contributed by atoms with Crippen molar-refractivity contribution in [2.45, 2.75) is 6.61 Å². The molecule has 0 saturated heterocycles. The van der Waals surface area contributed by atoms with E-state index in [1.165, 1.54) is 12.1 Å². The summed E-state index contributed by atoms with van der Waals surface area (Å²) < 4.78 is 6.49. The van der Waals surface area contributed by atoms with Crippen LogP contribution in [0.2, 0.25) is 5.02 Å². The van der Waals surface area contributed by atoms with Crippen molar-refractivity contribution < 1.29 is 9.66 Å². The Hall–Kier alpha value is -1.79. The van der Waals surface area contributed by atoms with Crippen LogP contribution >= 0.6 is 27.5 Å². The molecule has 7 heteroatoms. The van der Waals surface area contributed by atoms with E-state index in [1.807, 2.05) is 6.07 Å². The van der Waals surface area contributed by atoms with E-state index in [0.717, 1.165) is 10.2 Å². The van der Waals surface area contributed by atoms with Crippen LogP contribution in [0, 0.1) is 10.1 Å². The second-order valence-electron chi connectivity index (χ2n) is 4.21. The monoisotopic (exact) mass is 370 g/mol. The minimum Gasteiger partial charge on any atom is -0.487 e. The van der Waals surface area contributed by atoms with Crippen molar-refractivity contribution in [2.75, 3.05) is 12.4 Å². The van der Waals surface area contributed by atoms with Crippen LogP contribution in [0.3, 0.4) is 0 Å². The van der Waals surface area contributed by atoms with Crippen molar-refractivity contribution in [1.29, 1.82) is 0 Å². The van der Waals surface area contributed by atoms with E-state index in [1.54, 1.807) is 25.2 Å². The first kappa shape index (κ1) is 15.6. The number of benzene rings is 2. The molecule has 0 radical (unpaired) electrons. The average molecular weight is 372 g/mol. The molecular weight excluding hydrogens is 360 g/mol. The molecule has 0 amide bonds. The Balaban J connectivity index is 2.22. The van der Waals surface area contributed by atoms with Crippen molar-refractivity contribution in [3.05, 3.63) is 61.6 Å². The number of ether oxygens (including phenoxy) is 1. The summed E-state index contributed by atoms with van der Waals surface area (Å²) in [6.45, 7) is 0.180. The molecule has 0 heterocycles. The summed E-state index contributed by atoms with van der Waals surface area (Å²) in [4.78, 5) is 10.4. The lowest BCUT2D eigenvalue weighted by molar-refractivity contribution is -0.384. The van der Waals surface area contributed by atoms with E-state index in [4.69, 9.17) is 16.3 Å². The summed E-state index contributed by atoms with van der Waals surface area (Å²) >= 11 is 9.39. The summed E-state index contributed by atoms with van der Waals surface area (Å²) in [6.07, 6.45) is 0. The minimum absolute atomic E-state index is 0.0227. The molecule has 2 aromatic carbocycles. The van der Waals surface area contributed by atoms with Crippen LogP contribution in [-0.4, -0.2) is 12.0 Å². The fraction of sp³-hybridized carbons (Fsp3) is 0.143. The van der Waals surface area contributed by atoms with Crippen LogP contribution in [-0.2, 0) is 6.61 Å². The van der Waals surface area contributed by atoms with Crippen molar-refractivity contribution in [3.8, 4) is 5.75 Å². The zero-order valence-electron chi connectivity index (χ0n) is 11.1. The zero-order valence-corrected chi connectivity index (χ0v) is 13.4. The Bertz CT molecular complexity index is 679. The van der Waals surface area contributed by atoms with Crippen LogP contribution in [0.5, 0.6) is 5.75 Å². The van der Waals surface area contributed by atoms with Gasteiger partial charge in [-0.1, -0.05) is 27.5 Å². The fourth-order valence-corrected chi connectivity index (χ4v) is 2.53. The van der Waals surface area contributed by atoms with Gasteiger partial charge in [-0.05, 0) is 24.3 Å². The highest BCUT2D eigenvalue weighted by Gasteiger charge is 2.11. The number of nitrogens with zero attached hydrogens (tertiary/aromatic N) is 1. The predicted molar refractivity (Wildman–Crippen MR) is 86.1 cm³/mol. The van der Waals surface area contributed by atoms with Gasteiger partial charge in [0, 0.05) is 34.9 Å². The Morgan fingerprint density at radius 2 is 2.10 bits per heavy atom. The molecule has 0 aliphatic heterocycles. The first-order valence-electron chi connectivity index (χ1n) is 6.04. The van der Waals surface area contributed by atoms with Crippen LogP contribution in [0.1, 0.15) is 5.56 Å². The molecule has 110 valence electrons. The van der Waals surface area contributed by atoms with E-state index in [0.29, 0.717) is 16.3 Å². The number of halogens is 2. The smallest absolute Gasteiger partial charge is 0.269 e. The maximum Gasteiger partial charge on any atom is 0.269 e.